The van der Waals surface area contributed by atoms with Crippen molar-refractivity contribution < 1.29 is 17.7 Å². The molecule has 0 unspecified atom stereocenters. The lowest BCUT2D eigenvalue weighted by Gasteiger charge is -2.34. The Bertz CT molecular complexity index is 9130. The Kier molecular flexibility index (Phi) is 19.6. The molecule has 0 saturated carbocycles. The van der Waals surface area contributed by atoms with Crippen molar-refractivity contribution in [3.8, 4) is 44.5 Å². The normalized spacial score (nSPS) is 13.7. The molecule has 8 nitrogen and oxygen atoms in total. The van der Waals surface area contributed by atoms with Crippen LogP contribution in [0.2, 0.25) is 0 Å². The molecule has 0 saturated heterocycles. The van der Waals surface area contributed by atoms with E-state index >= 15 is 0 Å². The van der Waals surface area contributed by atoms with E-state index in [1.165, 1.54) is 117 Å². The van der Waals surface area contributed by atoms with E-state index in [0.29, 0.717) is 0 Å². The van der Waals surface area contributed by atoms with E-state index in [1.54, 1.807) is 0 Å². The molecule has 0 spiro atoms. The fraction of sp³-hybridized carbons (Fsp3) is 0.0606. The summed E-state index contributed by atoms with van der Waals surface area (Å²) in [5.74, 6) is 0. The molecule has 4 aliphatic rings. The van der Waals surface area contributed by atoms with Gasteiger partial charge in [-0.05, 0) is 226 Å². The molecular weight excluding hydrogens is 1710 g/mol. The monoisotopic (exact) mass is 1800 g/mol. The average Bonchev–Trinajstić information content (AvgIpc) is 1.52. The molecule has 4 aliphatic carbocycles. The first kappa shape index (κ1) is 82.9. The predicted octanol–water partition coefficient (Wildman–Crippen LogP) is 35.8. The molecule has 0 radical (unpaired) electrons. The minimum absolute atomic E-state index is 0.0397. The van der Waals surface area contributed by atoms with Gasteiger partial charge in [0.2, 0.25) is 0 Å². The molecule has 666 valence electrons. The Balaban J connectivity index is 0.0000000974. The van der Waals surface area contributed by atoms with Crippen LogP contribution in [0.5, 0.6) is 0 Å². The Labute approximate surface area is 811 Å². The summed E-state index contributed by atoms with van der Waals surface area (Å²) in [7, 11) is 0. The van der Waals surface area contributed by atoms with E-state index in [-0.39, 0.29) is 10.8 Å². The fourth-order valence-electron chi connectivity index (χ4n) is 23.6. The number of furan rings is 4. The van der Waals surface area contributed by atoms with Crippen molar-refractivity contribution >= 4 is 144 Å². The van der Waals surface area contributed by atoms with E-state index in [1.807, 2.05) is 36.4 Å². The molecule has 0 bridgehead atoms. The summed E-state index contributed by atoms with van der Waals surface area (Å²) >= 11 is 0. The summed E-state index contributed by atoms with van der Waals surface area (Å²) in [4.78, 5) is 0. The van der Waals surface area contributed by atoms with Gasteiger partial charge in [-0.3, -0.25) is 0 Å². The molecule has 4 N–H and O–H groups in total. The van der Waals surface area contributed by atoms with Gasteiger partial charge < -0.3 is 38.9 Å². The van der Waals surface area contributed by atoms with Crippen LogP contribution in [-0.4, -0.2) is 0 Å². The summed E-state index contributed by atoms with van der Waals surface area (Å²) < 4.78 is 24.6. The second-order valence-corrected chi connectivity index (χ2v) is 38.2. The SMILES string of the molecule is CC1(C)c2ccccc2-c2cccc(Nc3ccc4c(c3)oc3ccccc34)c21.CC1(C)c2ccccc2-c2cccc(Nc3ccc4oc5ccccc5c4c3)c21.c1ccc(C2(c3ccccc3)c3ccccc3-c3c(Nc4ccc5c(c4)oc4ccccc45)cccc32)cc1.c1ccc(C2(c3ccccc3)c3ccccc3-c3ccc(Nc4ccc5oc6c7ccccc7ccc6c5c4)cc32)cc1. The standard InChI is InChI=1S/C41H27NO.C37H25NO.2C27H21NO/c1-3-12-28(13-4-1)41(29-14-5-2-6-15-29)37-18-10-9-17-33(37)34-23-20-31(26-38(34)41)42-30-21-24-39-36(25-30)35-22-19-27-11-7-8-16-32(27)40(35)43-39;1-3-12-25(13-4-1)37(26-14-5-2-6-15-26)31-18-9-7-17-30(31)36-32(37)19-11-20-33(36)38-27-22-23-29-28-16-8-10-21-34(28)39-35(29)24-27;1-27(2)22-11-5-3-8-18(22)21-10-7-12-23(26(21)27)28-17-14-15-20-19-9-4-6-13-24(19)29-25(20)16-17;1-27(2)22-11-5-3-8-18(22)20-10-7-12-23(26(20)27)28-17-14-15-25-21(16-17)19-9-4-6-13-24(19)29-25/h1-26,42H;1-24,38H;2*3-16,28H,1-2H3. The summed E-state index contributed by atoms with van der Waals surface area (Å²) in [6, 6.07) is 168. The summed E-state index contributed by atoms with van der Waals surface area (Å²) in [6.07, 6.45) is 0. The first-order valence-corrected chi connectivity index (χ1v) is 48.2. The van der Waals surface area contributed by atoms with Gasteiger partial charge >= 0.3 is 0 Å². The van der Waals surface area contributed by atoms with E-state index in [2.05, 4.69) is 486 Å². The van der Waals surface area contributed by atoms with Crippen LogP contribution in [0.3, 0.4) is 0 Å². The molecule has 25 aromatic rings. The van der Waals surface area contributed by atoms with Crippen molar-refractivity contribution in [1.82, 2.24) is 0 Å². The largest absolute Gasteiger partial charge is 0.456 e. The zero-order valence-electron chi connectivity index (χ0n) is 77.7. The molecule has 0 aliphatic heterocycles. The third kappa shape index (κ3) is 13.3. The maximum Gasteiger partial charge on any atom is 0.143 e. The quantitative estimate of drug-likeness (QED) is 0.0960. The van der Waals surface area contributed by atoms with Crippen LogP contribution in [0, 0.1) is 0 Å². The van der Waals surface area contributed by atoms with E-state index < -0.39 is 10.8 Å². The maximum atomic E-state index is 6.36. The van der Waals surface area contributed by atoms with Crippen molar-refractivity contribution in [1.29, 1.82) is 0 Å². The molecule has 0 amide bonds. The molecule has 21 aromatic carbocycles. The molecular formula is C132H94N4O4. The van der Waals surface area contributed by atoms with Gasteiger partial charge in [-0.25, -0.2) is 0 Å². The third-order valence-electron chi connectivity index (χ3n) is 29.7. The highest BCUT2D eigenvalue weighted by Crippen LogP contribution is 2.61. The lowest BCUT2D eigenvalue weighted by atomic mass is 9.67. The third-order valence-corrected chi connectivity index (χ3v) is 29.7. The van der Waals surface area contributed by atoms with Gasteiger partial charge in [-0.1, -0.05) is 373 Å². The number of hydrogen-bond acceptors (Lipinski definition) is 8. The number of rotatable bonds is 12. The fourth-order valence-corrected chi connectivity index (χ4v) is 23.6. The van der Waals surface area contributed by atoms with Gasteiger partial charge in [0.15, 0.2) is 0 Å². The summed E-state index contributed by atoms with van der Waals surface area (Å²) in [5.41, 5.74) is 41.2. The van der Waals surface area contributed by atoms with Gasteiger partial charge in [0.1, 0.15) is 44.7 Å². The minimum Gasteiger partial charge on any atom is -0.456 e. The molecule has 4 aromatic heterocycles. The number of anilines is 8. The van der Waals surface area contributed by atoms with Crippen LogP contribution in [0.25, 0.3) is 143 Å². The van der Waals surface area contributed by atoms with Crippen molar-refractivity contribution in [2.75, 3.05) is 21.3 Å². The smallest absolute Gasteiger partial charge is 0.143 e. The van der Waals surface area contributed by atoms with Gasteiger partial charge in [0.05, 0.1) is 10.8 Å². The van der Waals surface area contributed by atoms with Gasteiger partial charge in [-0.2, -0.15) is 0 Å². The van der Waals surface area contributed by atoms with Crippen LogP contribution >= 0.6 is 0 Å². The molecule has 0 atom stereocenters. The van der Waals surface area contributed by atoms with Crippen molar-refractivity contribution in [3.63, 3.8) is 0 Å². The number of fused-ring (bicyclic) bond motifs is 26. The molecule has 0 fully saturated rings. The number of para-hydroxylation sites is 3. The Hall–Kier alpha value is -17.7. The van der Waals surface area contributed by atoms with Crippen molar-refractivity contribution in [2.45, 2.75) is 49.4 Å². The Morgan fingerprint density at radius 3 is 1.03 bits per heavy atom. The highest BCUT2D eigenvalue weighted by Gasteiger charge is 2.49. The highest BCUT2D eigenvalue weighted by atomic mass is 16.3. The van der Waals surface area contributed by atoms with Crippen molar-refractivity contribution in [2.24, 2.45) is 0 Å². The zero-order valence-corrected chi connectivity index (χ0v) is 77.7. The second kappa shape index (κ2) is 33.1. The Morgan fingerprint density at radius 1 is 0.179 bits per heavy atom. The molecule has 29 rings (SSSR count). The lowest BCUT2D eigenvalue weighted by molar-refractivity contribution is 0.662. The van der Waals surface area contributed by atoms with Crippen molar-refractivity contribution in [3.05, 3.63) is 540 Å². The van der Waals surface area contributed by atoms with Crippen LogP contribution in [-0.2, 0) is 21.7 Å². The second-order valence-electron chi connectivity index (χ2n) is 38.2. The minimum atomic E-state index is -0.419. The first-order chi connectivity index (χ1) is 68.9. The van der Waals surface area contributed by atoms with E-state index in [9.17, 15) is 0 Å². The van der Waals surface area contributed by atoms with Gasteiger partial charge in [0.25, 0.3) is 0 Å². The van der Waals surface area contributed by atoms with Crippen LogP contribution in [0.1, 0.15) is 94.5 Å². The lowest BCUT2D eigenvalue weighted by Crippen LogP contribution is -2.28. The van der Waals surface area contributed by atoms with Gasteiger partial charge in [-0.15, -0.1) is 0 Å². The Morgan fingerprint density at radius 2 is 0.500 bits per heavy atom. The molecule has 8 heteroatoms. The molecule has 4 heterocycles. The number of nitrogens with one attached hydrogen (secondary N) is 4. The predicted molar refractivity (Wildman–Crippen MR) is 581 cm³/mol. The number of benzene rings is 21. The summed E-state index contributed by atoms with van der Waals surface area (Å²) in [6.45, 7) is 9.25. The first-order valence-electron chi connectivity index (χ1n) is 48.2. The van der Waals surface area contributed by atoms with Crippen LogP contribution in [0.15, 0.2) is 491 Å². The molecule has 140 heavy (non-hydrogen) atoms. The highest BCUT2D eigenvalue weighted by molar-refractivity contribution is 6.16. The van der Waals surface area contributed by atoms with E-state index in [0.717, 1.165) is 139 Å². The number of hydrogen-bond donors (Lipinski definition) is 4. The average molecular weight is 1800 g/mol. The van der Waals surface area contributed by atoms with E-state index in [4.69, 9.17) is 17.7 Å². The summed E-state index contributed by atoms with van der Waals surface area (Å²) in [5, 5.41) is 26.3. The zero-order chi connectivity index (χ0) is 93.4. The topological polar surface area (TPSA) is 101 Å². The van der Waals surface area contributed by atoms with Gasteiger partial charge in [0, 0.05) is 123 Å². The maximum absolute atomic E-state index is 6.36. The van der Waals surface area contributed by atoms with Crippen LogP contribution < -0.4 is 21.3 Å². The van der Waals surface area contributed by atoms with Crippen LogP contribution in [0.4, 0.5) is 45.5 Å².